The van der Waals surface area contributed by atoms with E-state index in [4.69, 9.17) is 0 Å². The molecule has 6 heterocycles. The third kappa shape index (κ3) is 9.50. The highest BCUT2D eigenvalue weighted by atomic mass is 32.2. The SMILES string of the molecule is CCN(C)S(=O)(=O)Nc1ccc(F)c(C(=O)c2c[nH]c3ncc(-c4cnc(N5CCN(C(=O)CN6CCC(c7c(F)cc(NC8CCC(=O)NC8=O)cc7F)CC6)CC5)nc4)cc23)c1F. The van der Waals surface area contributed by atoms with Gasteiger partial charge in [-0.3, -0.25) is 34.1 Å². The van der Waals surface area contributed by atoms with Crippen LogP contribution in [-0.4, -0.2) is 131 Å². The van der Waals surface area contributed by atoms with Gasteiger partial charge in [0.25, 0.3) is 0 Å². The number of aromatic amines is 1. The molecule has 3 amide bonds. The number of amides is 3. The van der Waals surface area contributed by atoms with Gasteiger partial charge in [-0.15, -0.1) is 0 Å². The van der Waals surface area contributed by atoms with Gasteiger partial charge < -0.3 is 20.1 Å². The minimum Gasteiger partial charge on any atom is -0.373 e. The van der Waals surface area contributed by atoms with Crippen LogP contribution in [0.15, 0.2) is 55.1 Å². The van der Waals surface area contributed by atoms with Crippen molar-refractivity contribution in [2.45, 2.75) is 44.6 Å². The second-order valence-corrected chi connectivity index (χ2v) is 17.9. The summed E-state index contributed by atoms with van der Waals surface area (Å²) in [6.07, 6.45) is 7.22. The first-order chi connectivity index (χ1) is 31.1. The van der Waals surface area contributed by atoms with Crippen LogP contribution in [0.3, 0.4) is 0 Å². The summed E-state index contributed by atoms with van der Waals surface area (Å²) >= 11 is 0. The monoisotopic (exact) mass is 919 g/mol. The molecule has 342 valence electrons. The number of fused-ring (bicyclic) bond motifs is 1. The van der Waals surface area contributed by atoms with Crippen molar-refractivity contribution in [3.63, 3.8) is 0 Å². The van der Waals surface area contributed by atoms with Gasteiger partial charge in [0.1, 0.15) is 29.1 Å². The number of benzene rings is 2. The number of piperazine rings is 1. The van der Waals surface area contributed by atoms with E-state index in [1.165, 1.54) is 31.6 Å². The Balaban J connectivity index is 0.845. The number of rotatable bonds is 13. The van der Waals surface area contributed by atoms with Crippen LogP contribution in [0.25, 0.3) is 22.2 Å². The van der Waals surface area contributed by atoms with Crippen LogP contribution in [0.4, 0.5) is 34.9 Å². The van der Waals surface area contributed by atoms with Crippen molar-refractivity contribution in [3.8, 4) is 11.1 Å². The minimum atomic E-state index is -4.17. The second-order valence-electron chi connectivity index (χ2n) is 16.1. The fourth-order valence-electron chi connectivity index (χ4n) is 8.26. The molecule has 0 spiro atoms. The minimum absolute atomic E-state index is 0.0169. The van der Waals surface area contributed by atoms with E-state index in [2.05, 4.69) is 35.3 Å². The lowest BCUT2D eigenvalue weighted by atomic mass is 9.88. The molecule has 3 aliphatic heterocycles. The van der Waals surface area contributed by atoms with Crippen LogP contribution in [0.1, 0.15) is 60.0 Å². The molecular formula is C43H45F4N11O6S. The van der Waals surface area contributed by atoms with Crippen LogP contribution in [0.2, 0.25) is 0 Å². The number of hydrogen-bond acceptors (Lipinski definition) is 12. The number of H-pyrrole nitrogens is 1. The Labute approximate surface area is 370 Å². The predicted octanol–water partition coefficient (Wildman–Crippen LogP) is 4.16. The Morgan fingerprint density at radius 1 is 0.877 bits per heavy atom. The number of halogens is 4. The summed E-state index contributed by atoms with van der Waals surface area (Å²) in [6.45, 7) is 4.56. The molecule has 17 nitrogen and oxygen atoms in total. The van der Waals surface area contributed by atoms with Crippen LogP contribution in [-0.2, 0) is 24.6 Å². The Hall–Kier alpha value is -6.52. The highest BCUT2D eigenvalue weighted by Crippen LogP contribution is 2.34. The molecule has 1 unspecified atom stereocenters. The Bertz CT molecular complexity index is 2760. The van der Waals surface area contributed by atoms with Crippen LogP contribution in [0.5, 0.6) is 0 Å². The fourth-order valence-corrected chi connectivity index (χ4v) is 9.19. The summed E-state index contributed by atoms with van der Waals surface area (Å²) in [7, 11) is -2.89. The summed E-state index contributed by atoms with van der Waals surface area (Å²) < 4.78 is 89.2. The molecule has 3 fully saturated rings. The van der Waals surface area contributed by atoms with Crippen molar-refractivity contribution in [1.82, 2.24) is 39.4 Å². The highest BCUT2D eigenvalue weighted by Gasteiger charge is 2.32. The molecule has 3 aromatic heterocycles. The molecule has 0 radical (unpaired) electrons. The molecule has 4 N–H and O–H groups in total. The van der Waals surface area contributed by atoms with E-state index in [0.29, 0.717) is 69.2 Å². The first-order valence-corrected chi connectivity index (χ1v) is 22.4. The number of nitrogens with one attached hydrogen (secondary N) is 4. The van der Waals surface area contributed by atoms with Crippen molar-refractivity contribution in [2.75, 3.05) is 74.3 Å². The highest BCUT2D eigenvalue weighted by molar-refractivity contribution is 7.90. The van der Waals surface area contributed by atoms with Crippen molar-refractivity contribution in [2.24, 2.45) is 0 Å². The van der Waals surface area contributed by atoms with E-state index in [9.17, 15) is 27.6 Å². The number of piperidine rings is 2. The van der Waals surface area contributed by atoms with Gasteiger partial charge in [0.15, 0.2) is 5.82 Å². The lowest BCUT2D eigenvalue weighted by Gasteiger charge is -2.37. The molecule has 2 aromatic carbocycles. The zero-order chi connectivity index (χ0) is 46.2. The maximum absolute atomic E-state index is 15.6. The number of anilines is 3. The van der Waals surface area contributed by atoms with Crippen molar-refractivity contribution in [1.29, 1.82) is 0 Å². The summed E-state index contributed by atoms with van der Waals surface area (Å²) in [6, 6.07) is 4.89. The van der Waals surface area contributed by atoms with Crippen molar-refractivity contribution >= 4 is 62.1 Å². The summed E-state index contributed by atoms with van der Waals surface area (Å²) in [5, 5.41) is 5.29. The number of likely N-dealkylation sites (tertiary alicyclic amines) is 1. The molecule has 8 rings (SSSR count). The molecule has 5 aromatic rings. The molecule has 65 heavy (non-hydrogen) atoms. The van der Waals surface area contributed by atoms with E-state index >= 15 is 17.6 Å². The maximum atomic E-state index is 15.6. The van der Waals surface area contributed by atoms with E-state index in [1.54, 1.807) is 30.3 Å². The number of ketones is 1. The summed E-state index contributed by atoms with van der Waals surface area (Å²) in [5.41, 5.74) is -0.203. The van der Waals surface area contributed by atoms with E-state index < -0.39 is 62.5 Å². The van der Waals surface area contributed by atoms with Gasteiger partial charge in [-0.05, 0) is 68.6 Å². The second kappa shape index (κ2) is 18.5. The van der Waals surface area contributed by atoms with Gasteiger partial charge in [0.2, 0.25) is 29.5 Å². The van der Waals surface area contributed by atoms with E-state index in [0.717, 1.165) is 16.4 Å². The molecule has 22 heteroatoms. The summed E-state index contributed by atoms with van der Waals surface area (Å²) in [5.74, 6) is -5.94. The van der Waals surface area contributed by atoms with Crippen molar-refractivity contribution < 1.29 is 45.2 Å². The van der Waals surface area contributed by atoms with Crippen molar-refractivity contribution in [3.05, 3.63) is 95.1 Å². The zero-order valence-electron chi connectivity index (χ0n) is 35.3. The molecule has 1 atom stereocenters. The number of nitrogens with zero attached hydrogens (tertiary/aromatic N) is 7. The molecular weight excluding hydrogens is 875 g/mol. The van der Waals surface area contributed by atoms with Gasteiger partial charge >= 0.3 is 10.2 Å². The number of carbonyl (C=O) groups excluding carboxylic acids is 4. The quantitative estimate of drug-likeness (QED) is 0.0747. The zero-order valence-corrected chi connectivity index (χ0v) is 36.2. The standard InChI is InChI=1S/C43H45F4N11O6S/c1-3-55(2)65(63,64)54-33-5-4-30(44)38(39(33)47)40(61)29-22-49-41-28(29)16-25(19-48-41)26-20-50-43(51-21-26)58-14-12-57(13-15-58)36(60)23-56-10-8-24(9-11-56)37-31(45)17-27(18-32(37)46)52-34-6-7-35(59)53-42(34)62/h4-5,16-22,24,34,52,54H,3,6-15,23H2,1-2H3,(H,48,49)(H,53,59,62). The maximum Gasteiger partial charge on any atom is 0.301 e. The van der Waals surface area contributed by atoms with Crippen LogP contribution < -0.4 is 20.3 Å². The Morgan fingerprint density at radius 2 is 1.55 bits per heavy atom. The largest absolute Gasteiger partial charge is 0.373 e. The lowest BCUT2D eigenvalue weighted by Crippen LogP contribution is -2.52. The Kier molecular flexibility index (Phi) is 12.8. The topological polar surface area (TPSA) is 206 Å². The molecule has 0 aliphatic carbocycles. The third-order valence-corrected chi connectivity index (χ3v) is 13.6. The average Bonchev–Trinajstić information content (AvgIpc) is 3.72. The molecule has 3 saturated heterocycles. The third-order valence-electron chi connectivity index (χ3n) is 12.1. The van der Waals surface area contributed by atoms with Gasteiger partial charge in [-0.1, -0.05) is 6.92 Å². The number of carbonyl (C=O) groups is 4. The number of aromatic nitrogens is 4. The smallest absolute Gasteiger partial charge is 0.301 e. The first-order valence-electron chi connectivity index (χ1n) is 21.0. The van der Waals surface area contributed by atoms with Crippen LogP contribution in [0, 0.1) is 23.3 Å². The Morgan fingerprint density at radius 3 is 2.22 bits per heavy atom. The first kappa shape index (κ1) is 45.1. The number of pyridine rings is 1. The normalized spacial score (nSPS) is 17.7. The number of imide groups is 1. The van der Waals surface area contributed by atoms with Crippen LogP contribution >= 0.6 is 0 Å². The van der Waals surface area contributed by atoms with Gasteiger partial charge in [-0.25, -0.2) is 32.5 Å². The van der Waals surface area contributed by atoms with E-state index in [1.807, 2.05) is 9.80 Å². The average molecular weight is 920 g/mol. The lowest BCUT2D eigenvalue weighted by molar-refractivity contribution is -0.134. The van der Waals surface area contributed by atoms with Gasteiger partial charge in [-0.2, -0.15) is 12.7 Å². The van der Waals surface area contributed by atoms with Gasteiger partial charge in [0, 0.05) is 104 Å². The summed E-state index contributed by atoms with van der Waals surface area (Å²) in [4.78, 5) is 72.5. The van der Waals surface area contributed by atoms with E-state index in [-0.39, 0.29) is 71.5 Å². The predicted molar refractivity (Wildman–Crippen MR) is 231 cm³/mol. The fraction of sp³-hybridized carbons (Fsp3) is 0.372. The molecule has 3 aliphatic rings. The molecule has 0 bridgehead atoms. The molecule has 0 saturated carbocycles. The van der Waals surface area contributed by atoms with Gasteiger partial charge in [0.05, 0.1) is 17.8 Å². The number of hydrogen-bond donors (Lipinski definition) is 4.